The average molecular weight is 299 g/mol. The molecule has 2 rings (SSSR count). The van der Waals surface area contributed by atoms with E-state index in [4.69, 9.17) is 4.74 Å². The highest BCUT2D eigenvalue weighted by Crippen LogP contribution is 2.33. The molecule has 112 valence electrons. The summed E-state index contributed by atoms with van der Waals surface area (Å²) in [7, 11) is 0. The van der Waals surface area contributed by atoms with Crippen LogP contribution in [0.2, 0.25) is 0 Å². The zero-order valence-electron chi connectivity index (χ0n) is 11.9. The standard InChI is InChI=1S/C15H22N2O2.ClH/c1-2-17-14(18)19-12-15(8-10-16-11-9-15)13-6-4-3-5-7-13;/h3-7,16H,2,8-12H2,1H3,(H,17,18);1H. The average Bonchev–Trinajstić information content (AvgIpc) is 2.47. The Morgan fingerprint density at radius 3 is 2.55 bits per heavy atom. The molecule has 1 amide bonds. The van der Waals surface area contributed by atoms with Crippen LogP contribution in [0.3, 0.4) is 0 Å². The number of halogens is 1. The zero-order valence-corrected chi connectivity index (χ0v) is 12.7. The molecule has 5 heteroatoms. The molecule has 0 aliphatic carbocycles. The minimum Gasteiger partial charge on any atom is -0.449 e. The first-order valence-corrected chi connectivity index (χ1v) is 6.94. The Bertz CT molecular complexity index is 406. The highest BCUT2D eigenvalue weighted by molar-refractivity contribution is 5.85. The lowest BCUT2D eigenvalue weighted by atomic mass is 9.74. The minimum atomic E-state index is -0.323. The van der Waals surface area contributed by atoms with Crippen LogP contribution in [-0.2, 0) is 10.2 Å². The fourth-order valence-corrected chi connectivity index (χ4v) is 2.61. The van der Waals surface area contributed by atoms with Gasteiger partial charge in [0.2, 0.25) is 0 Å². The van der Waals surface area contributed by atoms with Gasteiger partial charge in [-0.1, -0.05) is 30.3 Å². The van der Waals surface area contributed by atoms with Gasteiger partial charge in [0.1, 0.15) is 6.61 Å². The Labute approximate surface area is 126 Å². The fourth-order valence-electron chi connectivity index (χ4n) is 2.61. The number of carbonyl (C=O) groups excluding carboxylic acids is 1. The van der Waals surface area contributed by atoms with Crippen LogP contribution in [0.1, 0.15) is 25.3 Å². The van der Waals surface area contributed by atoms with Gasteiger partial charge in [0.25, 0.3) is 0 Å². The van der Waals surface area contributed by atoms with Crippen molar-refractivity contribution in [3.63, 3.8) is 0 Å². The zero-order chi connectivity index (χ0) is 13.6. The summed E-state index contributed by atoms with van der Waals surface area (Å²) in [5.41, 5.74) is 1.22. The summed E-state index contributed by atoms with van der Waals surface area (Å²) >= 11 is 0. The predicted octanol–water partition coefficient (Wildman–Crippen LogP) is 2.48. The van der Waals surface area contributed by atoms with Gasteiger partial charge in [-0.2, -0.15) is 0 Å². The van der Waals surface area contributed by atoms with Crippen LogP contribution in [0, 0.1) is 0 Å². The summed E-state index contributed by atoms with van der Waals surface area (Å²) in [6.45, 7) is 4.86. The first kappa shape index (κ1) is 16.8. The Hall–Kier alpha value is -1.26. The van der Waals surface area contributed by atoms with E-state index in [1.54, 1.807) is 0 Å². The van der Waals surface area contributed by atoms with E-state index in [0.717, 1.165) is 25.9 Å². The lowest BCUT2D eigenvalue weighted by Gasteiger charge is -2.37. The highest BCUT2D eigenvalue weighted by Gasteiger charge is 2.35. The van der Waals surface area contributed by atoms with Gasteiger partial charge in [-0.3, -0.25) is 0 Å². The lowest BCUT2D eigenvalue weighted by molar-refractivity contribution is 0.102. The monoisotopic (exact) mass is 298 g/mol. The predicted molar refractivity (Wildman–Crippen MR) is 82.5 cm³/mol. The van der Waals surface area contributed by atoms with Gasteiger partial charge in [-0.15, -0.1) is 12.4 Å². The molecular weight excluding hydrogens is 276 g/mol. The number of amides is 1. The molecule has 0 spiro atoms. The van der Waals surface area contributed by atoms with Crippen LogP contribution in [0.4, 0.5) is 4.79 Å². The van der Waals surface area contributed by atoms with Gasteiger partial charge >= 0.3 is 6.09 Å². The summed E-state index contributed by atoms with van der Waals surface area (Å²) in [5, 5.41) is 6.04. The first-order valence-electron chi connectivity index (χ1n) is 6.94. The first-order chi connectivity index (χ1) is 9.27. The molecule has 1 aromatic carbocycles. The van der Waals surface area contributed by atoms with Gasteiger partial charge in [0.05, 0.1) is 0 Å². The van der Waals surface area contributed by atoms with Crippen LogP contribution in [0.5, 0.6) is 0 Å². The lowest BCUT2D eigenvalue weighted by Crippen LogP contribution is -2.44. The van der Waals surface area contributed by atoms with Gasteiger partial charge in [0, 0.05) is 12.0 Å². The molecule has 0 unspecified atom stereocenters. The molecule has 1 aromatic rings. The van der Waals surface area contributed by atoms with Crippen molar-refractivity contribution in [2.45, 2.75) is 25.2 Å². The molecule has 1 heterocycles. The number of nitrogens with one attached hydrogen (secondary N) is 2. The third kappa shape index (κ3) is 4.12. The van der Waals surface area contributed by atoms with Crippen LogP contribution in [0.25, 0.3) is 0 Å². The third-order valence-corrected chi connectivity index (χ3v) is 3.75. The van der Waals surface area contributed by atoms with E-state index < -0.39 is 0 Å². The Kier molecular flexibility index (Phi) is 6.82. The molecule has 1 fully saturated rings. The van der Waals surface area contributed by atoms with Crippen LogP contribution in [0.15, 0.2) is 30.3 Å². The number of hydrogen-bond acceptors (Lipinski definition) is 3. The van der Waals surface area contributed by atoms with E-state index in [0.29, 0.717) is 13.2 Å². The van der Waals surface area contributed by atoms with Crippen LogP contribution < -0.4 is 10.6 Å². The van der Waals surface area contributed by atoms with Crippen molar-refractivity contribution in [3.8, 4) is 0 Å². The van der Waals surface area contributed by atoms with Crippen LogP contribution >= 0.6 is 12.4 Å². The van der Waals surface area contributed by atoms with Crippen molar-refractivity contribution in [1.29, 1.82) is 0 Å². The van der Waals surface area contributed by atoms with Crippen LogP contribution in [-0.4, -0.2) is 32.3 Å². The second-order valence-corrected chi connectivity index (χ2v) is 5.00. The maximum Gasteiger partial charge on any atom is 0.407 e. The third-order valence-electron chi connectivity index (χ3n) is 3.75. The number of ether oxygens (including phenoxy) is 1. The van der Waals surface area contributed by atoms with E-state index in [2.05, 4.69) is 22.8 Å². The molecule has 0 saturated carbocycles. The molecule has 0 aromatic heterocycles. The molecule has 2 N–H and O–H groups in total. The number of alkyl carbamates (subject to hydrolysis) is 1. The van der Waals surface area contributed by atoms with Gasteiger partial charge in [-0.05, 0) is 38.4 Å². The molecular formula is C15H23ClN2O2. The van der Waals surface area contributed by atoms with Crippen molar-refractivity contribution < 1.29 is 9.53 Å². The van der Waals surface area contributed by atoms with E-state index in [9.17, 15) is 4.79 Å². The maximum atomic E-state index is 11.5. The second kappa shape index (κ2) is 8.12. The summed E-state index contributed by atoms with van der Waals surface area (Å²) in [6, 6.07) is 10.4. The Balaban J connectivity index is 0.00000200. The number of hydrogen-bond donors (Lipinski definition) is 2. The van der Waals surface area contributed by atoms with Gasteiger partial charge < -0.3 is 15.4 Å². The van der Waals surface area contributed by atoms with E-state index in [1.807, 2.05) is 25.1 Å². The van der Waals surface area contributed by atoms with Crippen molar-refractivity contribution in [3.05, 3.63) is 35.9 Å². The smallest absolute Gasteiger partial charge is 0.407 e. The normalized spacial score (nSPS) is 16.9. The number of rotatable bonds is 4. The summed E-state index contributed by atoms with van der Waals surface area (Å²) in [6.07, 6.45) is 1.67. The molecule has 1 aliphatic rings. The summed E-state index contributed by atoms with van der Waals surface area (Å²) in [4.78, 5) is 11.5. The molecule has 1 aliphatic heterocycles. The second-order valence-electron chi connectivity index (χ2n) is 5.00. The van der Waals surface area contributed by atoms with Gasteiger partial charge in [-0.25, -0.2) is 4.79 Å². The van der Waals surface area contributed by atoms with Crippen molar-refractivity contribution in [2.75, 3.05) is 26.2 Å². The van der Waals surface area contributed by atoms with Crippen molar-refractivity contribution in [2.24, 2.45) is 0 Å². The Morgan fingerprint density at radius 1 is 1.30 bits per heavy atom. The number of piperidine rings is 1. The summed E-state index contributed by atoms with van der Waals surface area (Å²) in [5.74, 6) is 0. The minimum absolute atomic E-state index is 0. The van der Waals surface area contributed by atoms with Crippen molar-refractivity contribution >= 4 is 18.5 Å². The van der Waals surface area contributed by atoms with E-state index in [-0.39, 0.29) is 23.9 Å². The maximum absolute atomic E-state index is 11.5. The molecule has 1 saturated heterocycles. The van der Waals surface area contributed by atoms with E-state index in [1.165, 1.54) is 5.56 Å². The molecule has 4 nitrogen and oxygen atoms in total. The molecule has 0 bridgehead atoms. The van der Waals surface area contributed by atoms with E-state index >= 15 is 0 Å². The fraction of sp³-hybridized carbons (Fsp3) is 0.533. The molecule has 0 atom stereocenters. The number of carbonyl (C=O) groups is 1. The van der Waals surface area contributed by atoms with Gasteiger partial charge in [0.15, 0.2) is 0 Å². The van der Waals surface area contributed by atoms with Crippen molar-refractivity contribution in [1.82, 2.24) is 10.6 Å². The quantitative estimate of drug-likeness (QED) is 0.898. The molecule has 0 radical (unpaired) electrons. The highest BCUT2D eigenvalue weighted by atomic mass is 35.5. The SMILES string of the molecule is CCNC(=O)OCC1(c2ccccc2)CCNCC1.Cl. The number of benzene rings is 1. The Morgan fingerprint density at radius 2 is 1.95 bits per heavy atom. The molecule has 20 heavy (non-hydrogen) atoms. The summed E-state index contributed by atoms with van der Waals surface area (Å²) < 4.78 is 5.40. The largest absolute Gasteiger partial charge is 0.449 e. The topological polar surface area (TPSA) is 50.4 Å².